The van der Waals surface area contributed by atoms with E-state index < -0.39 is 0 Å². The predicted octanol–water partition coefficient (Wildman–Crippen LogP) is 3.99. The van der Waals surface area contributed by atoms with Crippen molar-refractivity contribution in [2.75, 3.05) is 26.3 Å². The van der Waals surface area contributed by atoms with Crippen LogP contribution in [-0.4, -0.2) is 32.3 Å². The Bertz CT molecular complexity index is 733. The Morgan fingerprint density at radius 3 is 2.75 bits per heavy atom. The maximum atomic E-state index is 5.89. The van der Waals surface area contributed by atoms with Gasteiger partial charge in [-0.2, -0.15) is 0 Å². The van der Waals surface area contributed by atoms with Crippen LogP contribution in [0, 0.1) is 5.92 Å². The van der Waals surface area contributed by atoms with Gasteiger partial charge in [0.1, 0.15) is 5.76 Å². The second-order valence-corrected chi connectivity index (χ2v) is 6.99. The van der Waals surface area contributed by atoms with Gasteiger partial charge in [0, 0.05) is 31.5 Å². The molecule has 0 saturated heterocycles. The van der Waals surface area contributed by atoms with E-state index in [2.05, 4.69) is 24.5 Å². The average molecular weight is 499 g/mol. The standard InChI is InChI=1S/C21H29N3O3.HI/c1-16(2)14-23-21(22-10-9-18-7-4-11-25-18)24-15-17-6-3-8-19-20(17)27-13-5-12-26-19;/h3-4,6-8,11,16H,5,9-10,12-15H2,1-2H3,(H2,22,23,24);1H. The maximum Gasteiger partial charge on any atom is 0.191 e. The van der Waals surface area contributed by atoms with Crippen molar-refractivity contribution < 1.29 is 13.9 Å². The molecule has 2 N–H and O–H groups in total. The molecule has 2 aromatic rings. The van der Waals surface area contributed by atoms with Gasteiger partial charge < -0.3 is 24.5 Å². The van der Waals surface area contributed by atoms with E-state index >= 15 is 0 Å². The number of para-hydroxylation sites is 1. The first-order valence-electron chi connectivity index (χ1n) is 9.64. The van der Waals surface area contributed by atoms with E-state index in [1.807, 2.05) is 30.3 Å². The van der Waals surface area contributed by atoms with Crippen molar-refractivity contribution in [1.82, 2.24) is 10.6 Å². The molecule has 1 aliphatic heterocycles. The number of furan rings is 1. The van der Waals surface area contributed by atoms with Gasteiger partial charge in [-0.05, 0) is 24.1 Å². The summed E-state index contributed by atoms with van der Waals surface area (Å²) in [7, 11) is 0. The van der Waals surface area contributed by atoms with Crippen LogP contribution in [0.2, 0.25) is 0 Å². The lowest BCUT2D eigenvalue weighted by Crippen LogP contribution is -2.40. The zero-order valence-electron chi connectivity index (χ0n) is 16.6. The van der Waals surface area contributed by atoms with Gasteiger partial charge in [-0.1, -0.05) is 26.0 Å². The second kappa shape index (κ2) is 11.8. The van der Waals surface area contributed by atoms with E-state index in [1.165, 1.54) is 0 Å². The first-order valence-corrected chi connectivity index (χ1v) is 9.64. The number of benzene rings is 1. The molecule has 28 heavy (non-hydrogen) atoms. The van der Waals surface area contributed by atoms with Crippen LogP contribution < -0.4 is 20.1 Å². The van der Waals surface area contributed by atoms with Crippen LogP contribution in [0.4, 0.5) is 0 Å². The van der Waals surface area contributed by atoms with E-state index in [-0.39, 0.29) is 24.0 Å². The maximum absolute atomic E-state index is 5.89. The SMILES string of the molecule is CC(C)CNC(=NCc1cccc2c1OCCCO2)NCCc1ccco1.I. The van der Waals surface area contributed by atoms with Gasteiger partial charge in [-0.15, -0.1) is 24.0 Å². The van der Waals surface area contributed by atoms with Gasteiger partial charge in [-0.25, -0.2) is 4.99 Å². The summed E-state index contributed by atoms with van der Waals surface area (Å²) in [6.07, 6.45) is 3.41. The third-order valence-corrected chi connectivity index (χ3v) is 4.18. The lowest BCUT2D eigenvalue weighted by Gasteiger charge is -2.15. The summed E-state index contributed by atoms with van der Waals surface area (Å²) in [4.78, 5) is 4.75. The molecular formula is C21H30IN3O3. The van der Waals surface area contributed by atoms with Crippen molar-refractivity contribution in [2.24, 2.45) is 10.9 Å². The summed E-state index contributed by atoms with van der Waals surface area (Å²) >= 11 is 0. The molecule has 154 valence electrons. The predicted molar refractivity (Wildman–Crippen MR) is 122 cm³/mol. The van der Waals surface area contributed by atoms with E-state index in [0.29, 0.717) is 25.7 Å². The number of rotatable bonds is 7. The van der Waals surface area contributed by atoms with E-state index in [1.54, 1.807) is 6.26 Å². The van der Waals surface area contributed by atoms with Crippen molar-refractivity contribution >= 4 is 29.9 Å². The number of hydrogen-bond donors (Lipinski definition) is 2. The molecular weight excluding hydrogens is 469 g/mol. The van der Waals surface area contributed by atoms with Crippen LogP contribution in [0.5, 0.6) is 11.5 Å². The van der Waals surface area contributed by atoms with Crippen molar-refractivity contribution in [3.05, 3.63) is 47.9 Å². The molecule has 3 rings (SSSR count). The van der Waals surface area contributed by atoms with E-state index in [4.69, 9.17) is 18.9 Å². The molecule has 2 heterocycles. The van der Waals surface area contributed by atoms with Crippen molar-refractivity contribution in [1.29, 1.82) is 0 Å². The Labute approximate surface area is 184 Å². The van der Waals surface area contributed by atoms with Crippen LogP contribution in [0.3, 0.4) is 0 Å². The molecule has 0 spiro atoms. The number of fused-ring (bicyclic) bond motifs is 1. The molecule has 7 heteroatoms. The molecule has 1 aliphatic rings. The number of guanidine groups is 1. The van der Waals surface area contributed by atoms with Crippen molar-refractivity contribution in [3.8, 4) is 11.5 Å². The van der Waals surface area contributed by atoms with Crippen LogP contribution in [0.25, 0.3) is 0 Å². The lowest BCUT2D eigenvalue weighted by atomic mass is 10.2. The lowest BCUT2D eigenvalue weighted by molar-refractivity contribution is 0.296. The third kappa shape index (κ3) is 6.92. The molecule has 1 aromatic carbocycles. The van der Waals surface area contributed by atoms with Gasteiger partial charge in [0.25, 0.3) is 0 Å². The van der Waals surface area contributed by atoms with Gasteiger partial charge >= 0.3 is 0 Å². The summed E-state index contributed by atoms with van der Waals surface area (Å²) in [6, 6.07) is 9.87. The van der Waals surface area contributed by atoms with Crippen LogP contribution in [0.15, 0.2) is 46.0 Å². The number of nitrogens with zero attached hydrogens (tertiary/aromatic N) is 1. The quantitative estimate of drug-likeness (QED) is 0.343. The number of halogens is 1. The summed E-state index contributed by atoms with van der Waals surface area (Å²) in [5.74, 6) is 3.92. The summed E-state index contributed by atoms with van der Waals surface area (Å²) in [5.41, 5.74) is 1.03. The number of hydrogen-bond acceptors (Lipinski definition) is 4. The number of nitrogens with one attached hydrogen (secondary N) is 2. The monoisotopic (exact) mass is 499 g/mol. The van der Waals surface area contributed by atoms with Crippen LogP contribution in [0.1, 0.15) is 31.6 Å². The molecule has 0 radical (unpaired) electrons. The Kier molecular flexibility index (Phi) is 9.46. The van der Waals surface area contributed by atoms with E-state index in [9.17, 15) is 0 Å². The average Bonchev–Trinajstić information content (AvgIpc) is 3.06. The Morgan fingerprint density at radius 2 is 1.96 bits per heavy atom. The topological polar surface area (TPSA) is 68.0 Å². The minimum Gasteiger partial charge on any atom is -0.490 e. The molecule has 0 bridgehead atoms. The zero-order chi connectivity index (χ0) is 18.9. The first kappa shape index (κ1) is 22.4. The second-order valence-electron chi connectivity index (χ2n) is 6.99. The van der Waals surface area contributed by atoms with Crippen LogP contribution in [-0.2, 0) is 13.0 Å². The zero-order valence-corrected chi connectivity index (χ0v) is 18.9. The largest absolute Gasteiger partial charge is 0.490 e. The molecule has 0 unspecified atom stereocenters. The Morgan fingerprint density at radius 1 is 1.11 bits per heavy atom. The third-order valence-electron chi connectivity index (χ3n) is 4.18. The molecule has 0 aliphatic carbocycles. The number of aliphatic imine (C=N–C) groups is 1. The van der Waals surface area contributed by atoms with Gasteiger partial charge in [0.05, 0.1) is 26.0 Å². The van der Waals surface area contributed by atoms with E-state index in [0.717, 1.165) is 54.7 Å². The van der Waals surface area contributed by atoms with Crippen LogP contribution >= 0.6 is 24.0 Å². The van der Waals surface area contributed by atoms with Crippen molar-refractivity contribution in [3.63, 3.8) is 0 Å². The Hall–Kier alpha value is -1.90. The highest BCUT2D eigenvalue weighted by atomic mass is 127. The molecule has 6 nitrogen and oxygen atoms in total. The minimum absolute atomic E-state index is 0. The smallest absolute Gasteiger partial charge is 0.191 e. The fourth-order valence-electron chi connectivity index (χ4n) is 2.78. The normalized spacial score (nSPS) is 13.6. The number of ether oxygens (including phenoxy) is 2. The highest BCUT2D eigenvalue weighted by Crippen LogP contribution is 2.33. The molecule has 0 saturated carbocycles. The summed E-state index contributed by atoms with van der Waals surface area (Å²) < 4.78 is 17.0. The minimum atomic E-state index is 0. The molecule has 1 aromatic heterocycles. The molecule has 0 amide bonds. The van der Waals surface area contributed by atoms with Gasteiger partial charge in [0.15, 0.2) is 17.5 Å². The highest BCUT2D eigenvalue weighted by molar-refractivity contribution is 14.0. The molecule has 0 fully saturated rings. The van der Waals surface area contributed by atoms with Crippen molar-refractivity contribution in [2.45, 2.75) is 33.2 Å². The first-order chi connectivity index (χ1) is 13.2. The van der Waals surface area contributed by atoms with Gasteiger partial charge in [-0.3, -0.25) is 0 Å². The summed E-state index contributed by atoms with van der Waals surface area (Å²) in [5, 5.41) is 6.78. The molecule has 0 atom stereocenters. The Balaban J connectivity index is 0.00000280. The summed E-state index contributed by atoms with van der Waals surface area (Å²) in [6.45, 7) is 7.86. The highest BCUT2D eigenvalue weighted by Gasteiger charge is 2.14. The van der Waals surface area contributed by atoms with Gasteiger partial charge in [0.2, 0.25) is 0 Å². The fourth-order valence-corrected chi connectivity index (χ4v) is 2.78. The fraction of sp³-hybridized carbons (Fsp3) is 0.476.